The first-order valence-electron chi connectivity index (χ1n) is 7.76. The summed E-state index contributed by atoms with van der Waals surface area (Å²) in [6, 6.07) is 8.69. The summed E-state index contributed by atoms with van der Waals surface area (Å²) < 4.78 is 18.2. The highest BCUT2D eigenvalue weighted by atomic mass is 35.5. The van der Waals surface area contributed by atoms with Crippen molar-refractivity contribution in [3.05, 3.63) is 47.4 Å². The maximum atomic E-state index is 12.0. The van der Waals surface area contributed by atoms with Crippen LogP contribution in [0.25, 0.3) is 11.2 Å². The number of nitrogens with zero attached hydrogens (tertiary/aromatic N) is 4. The summed E-state index contributed by atoms with van der Waals surface area (Å²) in [5.41, 5.74) is 6.96. The van der Waals surface area contributed by atoms with Crippen molar-refractivity contribution in [3.63, 3.8) is 0 Å². The quantitative estimate of drug-likeness (QED) is 0.542. The van der Waals surface area contributed by atoms with Gasteiger partial charge in [0.05, 0.1) is 18.5 Å². The van der Waals surface area contributed by atoms with E-state index < -0.39 is 18.5 Å². The second kappa shape index (κ2) is 6.87. The number of halogens is 1. The normalized spacial score (nSPS) is 19.7. The van der Waals surface area contributed by atoms with Crippen molar-refractivity contribution in [3.8, 4) is 0 Å². The third-order valence-corrected chi connectivity index (χ3v) is 4.06. The topological polar surface area (TPSA) is 114 Å². The lowest BCUT2D eigenvalue weighted by atomic mass is 10.2. The van der Waals surface area contributed by atoms with Gasteiger partial charge in [-0.05, 0) is 12.1 Å². The Hall–Kier alpha value is -2.75. The van der Waals surface area contributed by atoms with Crippen molar-refractivity contribution in [1.29, 1.82) is 0 Å². The van der Waals surface area contributed by atoms with Gasteiger partial charge >= 0.3 is 5.97 Å². The number of aromatic nitrogens is 4. The van der Waals surface area contributed by atoms with Crippen molar-refractivity contribution < 1.29 is 19.0 Å². The summed E-state index contributed by atoms with van der Waals surface area (Å²) in [7, 11) is 0. The molecule has 0 unspecified atom stereocenters. The summed E-state index contributed by atoms with van der Waals surface area (Å²) in [5.74, 6) is -0.405. The summed E-state index contributed by atoms with van der Waals surface area (Å²) >= 11 is 6.02. The third-order valence-electron chi connectivity index (χ3n) is 3.80. The van der Waals surface area contributed by atoms with Crippen LogP contribution >= 0.6 is 11.6 Å². The number of fused-ring (bicyclic) bond motifs is 1. The molecule has 3 aromatic rings. The van der Waals surface area contributed by atoms with Gasteiger partial charge in [-0.25, -0.2) is 9.78 Å². The molecule has 0 amide bonds. The Morgan fingerprint density at radius 2 is 2.15 bits per heavy atom. The second-order valence-corrected chi connectivity index (χ2v) is 5.87. The molecule has 26 heavy (non-hydrogen) atoms. The van der Waals surface area contributed by atoms with E-state index in [1.165, 1.54) is 6.33 Å². The minimum Gasteiger partial charge on any atom is -0.457 e. The van der Waals surface area contributed by atoms with Crippen LogP contribution in [0.4, 0.5) is 5.95 Å². The average Bonchev–Trinajstić information content (AvgIpc) is 3.27. The van der Waals surface area contributed by atoms with Crippen LogP contribution in [0.3, 0.4) is 0 Å². The number of ether oxygens (including phenoxy) is 3. The first kappa shape index (κ1) is 16.7. The fourth-order valence-electron chi connectivity index (χ4n) is 2.59. The van der Waals surface area contributed by atoms with E-state index in [2.05, 4.69) is 15.0 Å². The number of hydrogen-bond donors (Lipinski definition) is 1. The molecular formula is C16H14ClN5O4. The lowest BCUT2D eigenvalue weighted by Crippen LogP contribution is -2.20. The molecule has 0 aliphatic carbocycles. The second-order valence-electron chi connectivity index (χ2n) is 5.51. The Labute approximate surface area is 152 Å². The van der Waals surface area contributed by atoms with Crippen LogP contribution in [0, 0.1) is 0 Å². The van der Waals surface area contributed by atoms with Crippen LogP contribution in [0.1, 0.15) is 16.6 Å². The monoisotopic (exact) mass is 375 g/mol. The number of carbonyl (C=O) groups is 1. The highest BCUT2D eigenvalue weighted by Gasteiger charge is 2.30. The molecule has 0 spiro atoms. The summed E-state index contributed by atoms with van der Waals surface area (Å²) in [6.07, 6.45) is 0.336. The van der Waals surface area contributed by atoms with Crippen LogP contribution in [0.15, 0.2) is 36.7 Å². The first-order valence-corrected chi connectivity index (χ1v) is 8.14. The fourth-order valence-corrected chi connectivity index (χ4v) is 2.81. The molecule has 2 aromatic heterocycles. The van der Waals surface area contributed by atoms with Crippen LogP contribution in [0.2, 0.25) is 5.15 Å². The fraction of sp³-hybridized carbons (Fsp3) is 0.250. The standard InChI is InChI=1S/C16H14ClN5O4/c17-13-12-14(21-16(18)20-13)22(8-19-12)10-6-24-11(26-10)7-25-15(23)9-4-2-1-3-5-9/h1-5,8,10-11H,6-7H2,(H2,18,20,21)/t10-,11-/m1/s1. The van der Waals surface area contributed by atoms with Crippen molar-refractivity contribution in [1.82, 2.24) is 19.5 Å². The molecule has 134 valence electrons. The van der Waals surface area contributed by atoms with E-state index in [0.717, 1.165) is 0 Å². The van der Waals surface area contributed by atoms with Gasteiger partial charge in [-0.2, -0.15) is 9.97 Å². The molecular weight excluding hydrogens is 362 g/mol. The number of hydrogen-bond acceptors (Lipinski definition) is 8. The molecule has 1 aliphatic rings. The predicted molar refractivity (Wildman–Crippen MR) is 91.3 cm³/mol. The zero-order valence-corrected chi connectivity index (χ0v) is 14.2. The van der Waals surface area contributed by atoms with Crippen molar-refractivity contribution in [2.24, 2.45) is 0 Å². The lowest BCUT2D eigenvalue weighted by Gasteiger charge is -2.13. The van der Waals surface area contributed by atoms with Gasteiger partial charge in [0.15, 0.2) is 23.3 Å². The average molecular weight is 376 g/mol. The number of nitrogens with two attached hydrogens (primary N) is 1. The van der Waals surface area contributed by atoms with Crippen LogP contribution in [-0.2, 0) is 14.2 Å². The van der Waals surface area contributed by atoms with Crippen molar-refractivity contribution >= 4 is 34.7 Å². The Morgan fingerprint density at radius 3 is 2.96 bits per heavy atom. The molecule has 1 aromatic carbocycles. The number of anilines is 1. The molecule has 0 bridgehead atoms. The number of imidazole rings is 1. The molecule has 1 saturated heterocycles. The van der Waals surface area contributed by atoms with Crippen LogP contribution in [-0.4, -0.2) is 45.0 Å². The Balaban J connectivity index is 1.42. The van der Waals surface area contributed by atoms with Gasteiger partial charge in [0, 0.05) is 0 Å². The number of nitrogen functional groups attached to an aromatic ring is 1. The molecule has 0 saturated carbocycles. The van der Waals surface area contributed by atoms with E-state index in [9.17, 15) is 4.79 Å². The minimum atomic E-state index is -0.695. The smallest absolute Gasteiger partial charge is 0.338 e. The molecule has 1 fully saturated rings. The highest BCUT2D eigenvalue weighted by molar-refractivity contribution is 6.33. The Kier molecular flexibility index (Phi) is 4.41. The predicted octanol–water partition coefficient (Wildman–Crippen LogP) is 1.79. The van der Waals surface area contributed by atoms with E-state index in [4.69, 9.17) is 31.5 Å². The van der Waals surface area contributed by atoms with Gasteiger partial charge in [0.2, 0.25) is 5.95 Å². The zero-order chi connectivity index (χ0) is 18.1. The first-order chi connectivity index (χ1) is 12.6. The zero-order valence-electron chi connectivity index (χ0n) is 13.4. The maximum Gasteiger partial charge on any atom is 0.338 e. The number of rotatable bonds is 4. The van der Waals surface area contributed by atoms with E-state index >= 15 is 0 Å². The summed E-state index contributed by atoms with van der Waals surface area (Å²) in [4.78, 5) is 24.1. The molecule has 4 rings (SSSR count). The molecule has 10 heteroatoms. The largest absolute Gasteiger partial charge is 0.457 e. The SMILES string of the molecule is Nc1nc(Cl)c2ncn([C@H]3CO[C@@H](COC(=O)c4ccccc4)O3)c2n1. The lowest BCUT2D eigenvalue weighted by molar-refractivity contribution is -0.102. The molecule has 0 radical (unpaired) electrons. The molecule has 1 aliphatic heterocycles. The number of carbonyl (C=O) groups excluding carboxylic acids is 1. The van der Waals surface area contributed by atoms with Crippen LogP contribution in [0.5, 0.6) is 0 Å². The van der Waals surface area contributed by atoms with E-state index in [1.807, 2.05) is 6.07 Å². The van der Waals surface area contributed by atoms with E-state index in [-0.39, 0.29) is 24.3 Å². The number of benzene rings is 1. The molecule has 2 N–H and O–H groups in total. The van der Waals surface area contributed by atoms with Crippen LogP contribution < -0.4 is 5.73 Å². The van der Waals surface area contributed by atoms with Gasteiger partial charge in [-0.3, -0.25) is 4.57 Å². The molecule has 9 nitrogen and oxygen atoms in total. The summed E-state index contributed by atoms with van der Waals surface area (Å²) in [5, 5.41) is 0.165. The Bertz CT molecular complexity index is 948. The number of esters is 1. The minimum absolute atomic E-state index is 0.0330. The van der Waals surface area contributed by atoms with Crippen molar-refractivity contribution in [2.45, 2.75) is 12.5 Å². The van der Waals surface area contributed by atoms with Gasteiger partial charge in [0.1, 0.15) is 12.1 Å². The maximum absolute atomic E-state index is 12.0. The van der Waals surface area contributed by atoms with Gasteiger partial charge in [0.25, 0.3) is 0 Å². The molecule has 3 heterocycles. The van der Waals surface area contributed by atoms with Crippen molar-refractivity contribution in [2.75, 3.05) is 18.9 Å². The highest BCUT2D eigenvalue weighted by Crippen LogP contribution is 2.27. The third kappa shape index (κ3) is 3.19. The summed E-state index contributed by atoms with van der Waals surface area (Å²) in [6.45, 7) is 0.204. The Morgan fingerprint density at radius 1 is 1.35 bits per heavy atom. The molecule has 2 atom stereocenters. The van der Waals surface area contributed by atoms with Gasteiger partial charge in [-0.1, -0.05) is 29.8 Å². The van der Waals surface area contributed by atoms with Gasteiger partial charge < -0.3 is 19.9 Å². The van der Waals surface area contributed by atoms with E-state index in [1.54, 1.807) is 28.8 Å². The van der Waals surface area contributed by atoms with E-state index in [0.29, 0.717) is 16.7 Å². The van der Waals surface area contributed by atoms with Gasteiger partial charge in [-0.15, -0.1) is 0 Å².